The summed E-state index contributed by atoms with van der Waals surface area (Å²) >= 11 is 0. The first-order valence-corrected chi connectivity index (χ1v) is 7.45. The summed E-state index contributed by atoms with van der Waals surface area (Å²) in [4.78, 5) is 24.8. The molecule has 0 spiro atoms. The molecule has 1 fully saturated rings. The van der Waals surface area contributed by atoms with Crippen LogP contribution in [-0.4, -0.2) is 61.8 Å². The minimum atomic E-state index is -0.490. The van der Waals surface area contributed by atoms with E-state index in [2.05, 4.69) is 5.32 Å². The van der Waals surface area contributed by atoms with Gasteiger partial charge in [0, 0.05) is 38.4 Å². The van der Waals surface area contributed by atoms with Crippen LogP contribution in [0, 0.1) is 10.1 Å². The molecule has 1 unspecified atom stereocenters. The van der Waals surface area contributed by atoms with Gasteiger partial charge in [-0.3, -0.25) is 14.9 Å². The van der Waals surface area contributed by atoms with E-state index in [1.807, 2.05) is 6.92 Å². The van der Waals surface area contributed by atoms with E-state index >= 15 is 0 Å². The Hall–Kier alpha value is -2.19. The molecular formula is C15H21N3O5. The van der Waals surface area contributed by atoms with Crippen LogP contribution < -0.4 is 5.32 Å². The van der Waals surface area contributed by atoms with Crippen molar-refractivity contribution in [3.8, 4) is 0 Å². The van der Waals surface area contributed by atoms with Gasteiger partial charge in [-0.25, -0.2) is 0 Å². The normalized spacial score (nSPS) is 16.0. The van der Waals surface area contributed by atoms with Crippen molar-refractivity contribution in [3.05, 3.63) is 33.9 Å². The monoisotopic (exact) mass is 323 g/mol. The van der Waals surface area contributed by atoms with Gasteiger partial charge >= 0.3 is 0 Å². The first-order chi connectivity index (χ1) is 11.0. The van der Waals surface area contributed by atoms with Gasteiger partial charge in [-0.15, -0.1) is 0 Å². The fourth-order valence-corrected chi connectivity index (χ4v) is 2.25. The first-order valence-electron chi connectivity index (χ1n) is 7.45. The second kappa shape index (κ2) is 7.89. The molecule has 1 aliphatic rings. The third-order valence-electron chi connectivity index (χ3n) is 3.72. The Morgan fingerprint density at radius 2 is 2.17 bits per heavy atom. The third-order valence-corrected chi connectivity index (χ3v) is 3.72. The first kappa shape index (κ1) is 17.2. The number of methoxy groups -OCH3 is 1. The van der Waals surface area contributed by atoms with Gasteiger partial charge in [0.05, 0.1) is 24.2 Å². The SMILES string of the molecule is COC(C)CNc1ccc(C(=O)N2CCOCC2)cc1[N+](=O)[O-]. The molecule has 8 nitrogen and oxygen atoms in total. The molecule has 1 saturated heterocycles. The van der Waals surface area contributed by atoms with Crippen LogP contribution in [0.15, 0.2) is 18.2 Å². The van der Waals surface area contributed by atoms with Crippen LogP contribution >= 0.6 is 0 Å². The highest BCUT2D eigenvalue weighted by atomic mass is 16.6. The van der Waals surface area contributed by atoms with Gasteiger partial charge in [0.1, 0.15) is 5.69 Å². The van der Waals surface area contributed by atoms with Gasteiger partial charge in [0.2, 0.25) is 0 Å². The molecule has 126 valence electrons. The number of nitro benzene ring substituents is 1. The predicted molar refractivity (Wildman–Crippen MR) is 84.8 cm³/mol. The summed E-state index contributed by atoms with van der Waals surface area (Å²) in [7, 11) is 1.57. The minimum Gasteiger partial charge on any atom is -0.380 e. The van der Waals surface area contributed by atoms with Crippen LogP contribution in [0.1, 0.15) is 17.3 Å². The Morgan fingerprint density at radius 1 is 1.48 bits per heavy atom. The average molecular weight is 323 g/mol. The highest BCUT2D eigenvalue weighted by molar-refractivity contribution is 5.95. The lowest BCUT2D eigenvalue weighted by atomic mass is 10.1. The van der Waals surface area contributed by atoms with E-state index in [-0.39, 0.29) is 17.7 Å². The molecule has 1 amide bonds. The number of hydrogen-bond acceptors (Lipinski definition) is 6. The Kier molecular flexibility index (Phi) is 5.89. The number of ether oxygens (including phenoxy) is 2. The van der Waals surface area contributed by atoms with Crippen molar-refractivity contribution in [2.45, 2.75) is 13.0 Å². The van der Waals surface area contributed by atoms with Crippen molar-refractivity contribution in [2.24, 2.45) is 0 Å². The summed E-state index contributed by atoms with van der Waals surface area (Å²) < 4.78 is 10.3. The predicted octanol–water partition coefficient (Wildman–Crippen LogP) is 1.51. The number of amides is 1. The van der Waals surface area contributed by atoms with Crippen LogP contribution in [0.4, 0.5) is 11.4 Å². The number of nitro groups is 1. The second-order valence-corrected chi connectivity index (χ2v) is 5.32. The van der Waals surface area contributed by atoms with Crippen molar-refractivity contribution < 1.29 is 19.2 Å². The number of nitrogens with zero attached hydrogens (tertiary/aromatic N) is 2. The van der Waals surface area contributed by atoms with Gasteiger partial charge in [0.25, 0.3) is 11.6 Å². The molecular weight excluding hydrogens is 302 g/mol. The molecule has 0 radical (unpaired) electrons. The quantitative estimate of drug-likeness (QED) is 0.630. The van der Waals surface area contributed by atoms with Gasteiger partial charge in [0.15, 0.2) is 0 Å². The van der Waals surface area contributed by atoms with Crippen molar-refractivity contribution >= 4 is 17.3 Å². The van der Waals surface area contributed by atoms with Crippen molar-refractivity contribution in [2.75, 3.05) is 45.3 Å². The lowest BCUT2D eigenvalue weighted by Crippen LogP contribution is -2.40. The topological polar surface area (TPSA) is 93.9 Å². The number of morpholine rings is 1. The fourth-order valence-electron chi connectivity index (χ4n) is 2.25. The van der Waals surface area contributed by atoms with Gasteiger partial charge in [-0.05, 0) is 19.1 Å². The van der Waals surface area contributed by atoms with E-state index in [1.54, 1.807) is 24.1 Å². The fraction of sp³-hybridized carbons (Fsp3) is 0.533. The van der Waals surface area contributed by atoms with Crippen LogP contribution in [0.25, 0.3) is 0 Å². The maximum atomic E-state index is 12.4. The smallest absolute Gasteiger partial charge is 0.293 e. The second-order valence-electron chi connectivity index (χ2n) is 5.32. The van der Waals surface area contributed by atoms with Crippen LogP contribution in [0.2, 0.25) is 0 Å². The zero-order valence-corrected chi connectivity index (χ0v) is 13.3. The van der Waals surface area contributed by atoms with E-state index in [4.69, 9.17) is 9.47 Å². The molecule has 1 aromatic carbocycles. The highest BCUT2D eigenvalue weighted by Gasteiger charge is 2.22. The Bertz CT molecular complexity index is 572. The van der Waals surface area contributed by atoms with Crippen molar-refractivity contribution in [1.29, 1.82) is 0 Å². The average Bonchev–Trinajstić information content (AvgIpc) is 2.59. The zero-order valence-electron chi connectivity index (χ0n) is 13.3. The Morgan fingerprint density at radius 3 is 2.78 bits per heavy atom. The highest BCUT2D eigenvalue weighted by Crippen LogP contribution is 2.26. The molecule has 2 rings (SSSR count). The lowest BCUT2D eigenvalue weighted by molar-refractivity contribution is -0.384. The summed E-state index contributed by atoms with van der Waals surface area (Å²) in [6.45, 7) is 4.27. The van der Waals surface area contributed by atoms with Crippen LogP contribution in [0.5, 0.6) is 0 Å². The standard InChI is InChI=1S/C15H21N3O5/c1-11(22-2)10-16-13-4-3-12(9-14(13)18(20)21)15(19)17-5-7-23-8-6-17/h3-4,9,11,16H,5-8,10H2,1-2H3. The molecule has 1 N–H and O–H groups in total. The van der Waals surface area contributed by atoms with E-state index < -0.39 is 4.92 Å². The molecule has 0 saturated carbocycles. The molecule has 1 aliphatic heterocycles. The van der Waals surface area contributed by atoms with E-state index in [0.717, 1.165) is 0 Å². The van der Waals surface area contributed by atoms with E-state index in [0.29, 0.717) is 44.1 Å². The number of rotatable bonds is 6. The zero-order chi connectivity index (χ0) is 16.8. The number of hydrogen-bond donors (Lipinski definition) is 1. The maximum Gasteiger partial charge on any atom is 0.293 e. The molecule has 0 aromatic heterocycles. The summed E-state index contributed by atoms with van der Waals surface area (Å²) in [5.74, 6) is -0.215. The summed E-state index contributed by atoms with van der Waals surface area (Å²) in [6, 6.07) is 4.48. The molecule has 0 bridgehead atoms. The number of benzene rings is 1. The molecule has 0 aliphatic carbocycles. The van der Waals surface area contributed by atoms with Gasteiger partial charge in [-0.1, -0.05) is 0 Å². The molecule has 1 aromatic rings. The summed E-state index contributed by atoms with van der Waals surface area (Å²) in [6.07, 6.45) is -0.0794. The minimum absolute atomic E-state index is 0.0794. The number of nitrogens with one attached hydrogen (secondary N) is 1. The largest absolute Gasteiger partial charge is 0.380 e. The number of carbonyl (C=O) groups is 1. The van der Waals surface area contributed by atoms with Gasteiger partial charge < -0.3 is 19.7 Å². The number of carbonyl (C=O) groups excluding carboxylic acids is 1. The van der Waals surface area contributed by atoms with Crippen LogP contribution in [-0.2, 0) is 9.47 Å². The van der Waals surface area contributed by atoms with Crippen molar-refractivity contribution in [1.82, 2.24) is 4.90 Å². The Labute approximate surface area is 134 Å². The lowest BCUT2D eigenvalue weighted by Gasteiger charge is -2.26. The molecule has 1 heterocycles. The summed E-state index contributed by atoms with van der Waals surface area (Å²) in [5.41, 5.74) is 0.564. The Balaban J connectivity index is 2.17. The number of anilines is 1. The van der Waals surface area contributed by atoms with Crippen molar-refractivity contribution in [3.63, 3.8) is 0 Å². The van der Waals surface area contributed by atoms with E-state index in [1.165, 1.54) is 6.07 Å². The molecule has 1 atom stereocenters. The van der Waals surface area contributed by atoms with E-state index in [9.17, 15) is 14.9 Å². The van der Waals surface area contributed by atoms with Crippen LogP contribution in [0.3, 0.4) is 0 Å². The molecule has 23 heavy (non-hydrogen) atoms. The maximum absolute atomic E-state index is 12.4. The third kappa shape index (κ3) is 4.40. The van der Waals surface area contributed by atoms with Gasteiger partial charge in [-0.2, -0.15) is 0 Å². The molecule has 8 heteroatoms. The summed E-state index contributed by atoms with van der Waals surface area (Å²) in [5, 5.41) is 14.3.